The smallest absolute Gasteiger partial charge is 0.00519 e. The molecule has 0 saturated heterocycles. The van der Waals surface area contributed by atoms with Crippen molar-refractivity contribution in [2.75, 3.05) is 13.6 Å². The molecule has 0 aliphatic carbocycles. The zero-order valence-electron chi connectivity index (χ0n) is 8.82. The predicted molar refractivity (Wildman–Crippen MR) is 56.4 cm³/mol. The first-order valence-corrected chi connectivity index (χ1v) is 4.98. The second-order valence-electron chi connectivity index (χ2n) is 3.70. The maximum Gasteiger partial charge on any atom is -0.00519 e. The summed E-state index contributed by atoms with van der Waals surface area (Å²) in [7, 11) is 2.01. The molecule has 0 saturated carbocycles. The second kappa shape index (κ2) is 7.35. The lowest BCUT2D eigenvalue weighted by atomic mass is 9.97. The minimum atomic E-state index is 0.708. The van der Waals surface area contributed by atoms with Crippen molar-refractivity contribution in [3.05, 3.63) is 12.2 Å². The van der Waals surface area contributed by atoms with Gasteiger partial charge >= 0.3 is 0 Å². The largest absolute Gasteiger partial charge is 0.320 e. The quantitative estimate of drug-likeness (QED) is 0.456. The normalized spacial score (nSPS) is 12.9. The van der Waals surface area contributed by atoms with Crippen LogP contribution >= 0.6 is 0 Å². The van der Waals surface area contributed by atoms with Gasteiger partial charge in [-0.3, -0.25) is 0 Å². The zero-order valence-corrected chi connectivity index (χ0v) is 8.82. The Hall–Kier alpha value is -0.300. The van der Waals surface area contributed by atoms with Crippen LogP contribution in [-0.2, 0) is 0 Å². The van der Waals surface area contributed by atoms with Gasteiger partial charge in [-0.05, 0) is 39.3 Å². The molecule has 0 aromatic rings. The first-order valence-electron chi connectivity index (χ1n) is 4.98. The van der Waals surface area contributed by atoms with Crippen LogP contribution in [0.2, 0.25) is 0 Å². The molecule has 1 nitrogen and oxygen atoms in total. The second-order valence-corrected chi connectivity index (χ2v) is 3.70. The lowest BCUT2D eigenvalue weighted by molar-refractivity contribution is 0.540. The summed E-state index contributed by atoms with van der Waals surface area (Å²) >= 11 is 0. The molecule has 0 aliphatic heterocycles. The van der Waals surface area contributed by atoms with Crippen molar-refractivity contribution in [1.29, 1.82) is 0 Å². The molecule has 0 rings (SSSR count). The molecule has 0 unspecified atom stereocenters. The summed E-state index contributed by atoms with van der Waals surface area (Å²) in [5.41, 5.74) is 1.32. The van der Waals surface area contributed by atoms with Gasteiger partial charge in [0.2, 0.25) is 0 Å². The first kappa shape index (κ1) is 11.7. The molecule has 0 fully saturated rings. The van der Waals surface area contributed by atoms with E-state index < -0.39 is 0 Å². The van der Waals surface area contributed by atoms with Crippen LogP contribution in [0.15, 0.2) is 12.2 Å². The predicted octanol–water partition coefficient (Wildman–Crippen LogP) is 2.98. The Morgan fingerprint density at radius 1 is 1.33 bits per heavy atom. The summed E-state index contributed by atoms with van der Waals surface area (Å²) in [5, 5.41) is 3.16. The molecule has 0 bridgehead atoms. The van der Waals surface area contributed by atoms with Crippen molar-refractivity contribution in [3.63, 3.8) is 0 Å². The van der Waals surface area contributed by atoms with E-state index in [0.717, 1.165) is 6.54 Å². The van der Waals surface area contributed by atoms with Crippen LogP contribution in [0.1, 0.15) is 39.5 Å². The molecule has 1 heteroatoms. The van der Waals surface area contributed by atoms with Gasteiger partial charge in [0.25, 0.3) is 0 Å². The first-order chi connectivity index (χ1) is 5.68. The molecule has 72 valence electrons. The molecule has 0 aliphatic rings. The van der Waals surface area contributed by atoms with E-state index in [1.807, 2.05) is 7.05 Å². The van der Waals surface area contributed by atoms with Gasteiger partial charge in [-0.2, -0.15) is 0 Å². The maximum atomic E-state index is 3.96. The van der Waals surface area contributed by atoms with Gasteiger partial charge in [-0.25, -0.2) is 0 Å². The molecule has 0 heterocycles. The van der Waals surface area contributed by atoms with Crippen molar-refractivity contribution in [2.45, 2.75) is 39.5 Å². The van der Waals surface area contributed by atoms with E-state index in [1.165, 1.54) is 31.3 Å². The van der Waals surface area contributed by atoms with E-state index in [4.69, 9.17) is 0 Å². The van der Waals surface area contributed by atoms with Gasteiger partial charge in [0.15, 0.2) is 0 Å². The molecule has 1 N–H and O–H groups in total. The van der Waals surface area contributed by atoms with Gasteiger partial charge in [0.1, 0.15) is 0 Å². The van der Waals surface area contributed by atoms with Crippen molar-refractivity contribution in [3.8, 4) is 0 Å². The van der Waals surface area contributed by atoms with Crippen molar-refractivity contribution in [1.82, 2.24) is 5.32 Å². The highest BCUT2D eigenvalue weighted by Gasteiger charge is 2.00. The summed E-state index contributed by atoms with van der Waals surface area (Å²) in [6, 6.07) is 0. The van der Waals surface area contributed by atoms with Gasteiger partial charge < -0.3 is 5.32 Å². The lowest BCUT2D eigenvalue weighted by Crippen LogP contribution is -2.07. The summed E-state index contributed by atoms with van der Waals surface area (Å²) in [6.07, 6.45) is 5.30. The molecule has 1 atom stereocenters. The standard InChI is InChI=1S/C11H23N/c1-10(2)11(3)8-6-5-7-9-12-4/h11-12H,1,5-9H2,2-4H3/t11-/m1/s1. The number of allylic oxidation sites excluding steroid dienone is 1. The average molecular weight is 169 g/mol. The van der Waals surface area contributed by atoms with Crippen LogP contribution in [0.3, 0.4) is 0 Å². The van der Waals surface area contributed by atoms with Crippen LogP contribution in [0.25, 0.3) is 0 Å². The van der Waals surface area contributed by atoms with Crippen LogP contribution in [0, 0.1) is 5.92 Å². The van der Waals surface area contributed by atoms with E-state index in [0.29, 0.717) is 5.92 Å². The third-order valence-electron chi connectivity index (χ3n) is 2.41. The molecule has 0 aromatic carbocycles. The minimum absolute atomic E-state index is 0.708. The fraction of sp³-hybridized carbons (Fsp3) is 0.818. The van der Waals surface area contributed by atoms with Crippen LogP contribution in [0.5, 0.6) is 0 Å². The Labute approximate surface area is 77.2 Å². The van der Waals surface area contributed by atoms with Crippen LogP contribution in [0.4, 0.5) is 0 Å². The monoisotopic (exact) mass is 169 g/mol. The highest BCUT2D eigenvalue weighted by molar-refractivity contribution is 4.93. The molecule has 0 radical (unpaired) electrons. The Morgan fingerprint density at radius 2 is 2.00 bits per heavy atom. The van der Waals surface area contributed by atoms with Gasteiger partial charge in [-0.15, -0.1) is 0 Å². The molecule has 0 aromatic heterocycles. The maximum absolute atomic E-state index is 3.96. The number of hydrogen-bond donors (Lipinski definition) is 1. The fourth-order valence-electron chi connectivity index (χ4n) is 1.18. The summed E-state index contributed by atoms with van der Waals surface area (Å²) < 4.78 is 0. The number of nitrogens with one attached hydrogen (secondary N) is 1. The molecule has 12 heavy (non-hydrogen) atoms. The summed E-state index contributed by atoms with van der Waals surface area (Å²) in [4.78, 5) is 0. The lowest BCUT2D eigenvalue weighted by Gasteiger charge is -2.09. The van der Waals surface area contributed by atoms with E-state index in [-0.39, 0.29) is 0 Å². The van der Waals surface area contributed by atoms with Crippen molar-refractivity contribution < 1.29 is 0 Å². The Morgan fingerprint density at radius 3 is 2.50 bits per heavy atom. The van der Waals surface area contributed by atoms with E-state index in [1.54, 1.807) is 0 Å². The number of unbranched alkanes of at least 4 members (excludes halogenated alkanes) is 2. The topological polar surface area (TPSA) is 12.0 Å². The van der Waals surface area contributed by atoms with Gasteiger partial charge in [0.05, 0.1) is 0 Å². The van der Waals surface area contributed by atoms with Crippen LogP contribution in [-0.4, -0.2) is 13.6 Å². The molecule has 0 spiro atoms. The Balaban J connectivity index is 3.14. The van der Waals surface area contributed by atoms with Crippen LogP contribution < -0.4 is 5.32 Å². The fourth-order valence-corrected chi connectivity index (χ4v) is 1.18. The average Bonchev–Trinajstić information content (AvgIpc) is 2.03. The summed E-state index contributed by atoms with van der Waals surface area (Å²) in [6.45, 7) is 9.50. The van der Waals surface area contributed by atoms with Gasteiger partial charge in [-0.1, -0.05) is 31.9 Å². The SMILES string of the molecule is C=C(C)[C@H](C)CCCCCNC. The summed E-state index contributed by atoms with van der Waals surface area (Å²) in [5.74, 6) is 0.708. The minimum Gasteiger partial charge on any atom is -0.320 e. The van der Waals surface area contributed by atoms with Crippen molar-refractivity contribution in [2.24, 2.45) is 5.92 Å². The number of hydrogen-bond acceptors (Lipinski definition) is 1. The molecule has 0 amide bonds. The zero-order chi connectivity index (χ0) is 9.40. The Kier molecular flexibility index (Phi) is 7.17. The van der Waals surface area contributed by atoms with E-state index in [9.17, 15) is 0 Å². The van der Waals surface area contributed by atoms with Crippen molar-refractivity contribution >= 4 is 0 Å². The molecular weight excluding hydrogens is 146 g/mol. The Bertz CT molecular complexity index is 118. The third kappa shape index (κ3) is 6.41. The number of rotatable bonds is 7. The van der Waals surface area contributed by atoms with E-state index >= 15 is 0 Å². The van der Waals surface area contributed by atoms with Gasteiger partial charge in [0, 0.05) is 0 Å². The molecular formula is C11H23N. The third-order valence-corrected chi connectivity index (χ3v) is 2.41. The van der Waals surface area contributed by atoms with E-state index in [2.05, 4.69) is 25.7 Å². The highest BCUT2D eigenvalue weighted by Crippen LogP contribution is 2.15. The highest BCUT2D eigenvalue weighted by atomic mass is 14.8.